The maximum Gasteiger partial charge on any atom is 0.186 e. The van der Waals surface area contributed by atoms with Gasteiger partial charge in [-0.25, -0.2) is 0 Å². The van der Waals surface area contributed by atoms with Crippen molar-refractivity contribution < 1.29 is 51.5 Å². The number of rotatable bonds is 33. The van der Waals surface area contributed by atoms with Crippen molar-refractivity contribution in [2.45, 2.75) is 205 Å². The number of aliphatic hydroxyl groups excluding tert-OH is 4. The van der Waals surface area contributed by atoms with E-state index in [9.17, 15) is 20.4 Å². The molecule has 0 saturated carbocycles. The zero-order chi connectivity index (χ0) is 34.6. The molecule has 1 fully saturated rings. The molecule has 0 radical (unpaired) electrons. The standard InChI is InChI=1S/C39H80NO7.ClH/c1-5-7-9-11-13-15-17-18-19-20-22-24-26-28-30-46-39-38(44)37(43)36(42)35(47-39)33-45-32-34(41)31-40(3,4)29-27-25-23-21-16-14-12-10-8-6-2;/h34-39,41-44H,5-33H2,1-4H3;1H/q+1;/p-1/t34?,35-,36-,37+,38-,39-;/m1./s1. The van der Waals surface area contributed by atoms with E-state index in [0.29, 0.717) is 13.2 Å². The molecular formula is C39H80ClNO7. The second kappa shape index (κ2) is 31.7. The van der Waals surface area contributed by atoms with Crippen LogP contribution in [0.5, 0.6) is 0 Å². The molecule has 0 bridgehead atoms. The van der Waals surface area contributed by atoms with Gasteiger partial charge in [0.1, 0.15) is 37.1 Å². The van der Waals surface area contributed by atoms with Gasteiger partial charge in [0.15, 0.2) is 6.29 Å². The first-order chi connectivity index (χ1) is 22.7. The van der Waals surface area contributed by atoms with Gasteiger partial charge in [0.25, 0.3) is 0 Å². The molecule has 0 spiro atoms. The lowest BCUT2D eigenvalue weighted by Crippen LogP contribution is -3.00. The van der Waals surface area contributed by atoms with Crippen LogP contribution >= 0.6 is 0 Å². The molecule has 4 N–H and O–H groups in total. The predicted octanol–water partition coefficient (Wildman–Crippen LogP) is 4.67. The Balaban J connectivity index is 0.0000221. The summed E-state index contributed by atoms with van der Waals surface area (Å²) in [5.41, 5.74) is 0. The molecule has 9 heteroatoms. The van der Waals surface area contributed by atoms with Gasteiger partial charge in [0.05, 0.1) is 33.9 Å². The van der Waals surface area contributed by atoms with E-state index in [1.807, 2.05) is 0 Å². The molecule has 0 aromatic heterocycles. The fourth-order valence-electron chi connectivity index (χ4n) is 6.75. The Bertz CT molecular complexity index is 689. The number of hydrogen-bond donors (Lipinski definition) is 4. The molecule has 6 atom stereocenters. The molecule has 1 aliphatic rings. The quantitative estimate of drug-likeness (QED) is 0.0580. The summed E-state index contributed by atoms with van der Waals surface area (Å²) in [6.07, 6.45) is 24.6. The fourth-order valence-corrected chi connectivity index (χ4v) is 6.75. The van der Waals surface area contributed by atoms with E-state index in [2.05, 4.69) is 27.9 Å². The molecule has 1 aliphatic heterocycles. The zero-order valence-electron chi connectivity index (χ0n) is 31.8. The van der Waals surface area contributed by atoms with Crippen molar-refractivity contribution >= 4 is 0 Å². The molecule has 48 heavy (non-hydrogen) atoms. The number of ether oxygens (including phenoxy) is 3. The Labute approximate surface area is 302 Å². The SMILES string of the molecule is CCCCCCCCCCCCCCCCO[C@@H]1O[C@H](COCC(O)C[N+](C)(C)CCCCCCCCCCCC)[C@@H](O)[C@H](O)[C@H]1O.[Cl-]. The number of halogens is 1. The van der Waals surface area contributed by atoms with Gasteiger partial charge >= 0.3 is 0 Å². The largest absolute Gasteiger partial charge is 1.00 e. The number of nitrogens with zero attached hydrogens (tertiary/aromatic N) is 1. The van der Waals surface area contributed by atoms with Gasteiger partial charge < -0.3 is 51.5 Å². The molecule has 1 saturated heterocycles. The second-order valence-corrected chi connectivity index (χ2v) is 15.2. The second-order valence-electron chi connectivity index (χ2n) is 15.2. The average Bonchev–Trinajstić information content (AvgIpc) is 3.04. The van der Waals surface area contributed by atoms with E-state index >= 15 is 0 Å². The summed E-state index contributed by atoms with van der Waals surface area (Å²) in [6.45, 7) is 6.68. The third-order valence-electron chi connectivity index (χ3n) is 9.86. The van der Waals surface area contributed by atoms with Crippen LogP contribution in [0.3, 0.4) is 0 Å². The number of unbranched alkanes of at least 4 members (excludes halogenated alkanes) is 22. The zero-order valence-corrected chi connectivity index (χ0v) is 32.6. The smallest absolute Gasteiger partial charge is 0.186 e. The van der Waals surface area contributed by atoms with Crippen LogP contribution in [0.1, 0.15) is 168 Å². The Morgan fingerprint density at radius 2 is 1.00 bits per heavy atom. The highest BCUT2D eigenvalue weighted by Crippen LogP contribution is 2.23. The van der Waals surface area contributed by atoms with Crippen molar-refractivity contribution in [1.82, 2.24) is 0 Å². The van der Waals surface area contributed by atoms with Gasteiger partial charge in [-0.1, -0.05) is 149 Å². The van der Waals surface area contributed by atoms with E-state index < -0.39 is 36.8 Å². The maximum absolute atomic E-state index is 10.6. The Morgan fingerprint density at radius 3 is 1.46 bits per heavy atom. The van der Waals surface area contributed by atoms with Gasteiger partial charge in [0.2, 0.25) is 0 Å². The summed E-state index contributed by atoms with van der Waals surface area (Å²) >= 11 is 0. The van der Waals surface area contributed by atoms with Crippen molar-refractivity contribution in [3.8, 4) is 0 Å². The molecule has 1 rings (SSSR count). The normalized spacial score (nSPS) is 22.1. The number of likely N-dealkylation sites (N-methyl/N-ethyl adjacent to an activating group) is 1. The lowest BCUT2D eigenvalue weighted by molar-refractivity contribution is -0.893. The monoisotopic (exact) mass is 710 g/mol. The topological polar surface area (TPSA) is 109 Å². The van der Waals surface area contributed by atoms with Crippen LogP contribution in [0.4, 0.5) is 0 Å². The van der Waals surface area contributed by atoms with Crippen LogP contribution in [0, 0.1) is 0 Å². The van der Waals surface area contributed by atoms with E-state index in [-0.39, 0.29) is 25.6 Å². The highest BCUT2D eigenvalue weighted by Gasteiger charge is 2.44. The first-order valence-electron chi connectivity index (χ1n) is 20.1. The van der Waals surface area contributed by atoms with Gasteiger partial charge in [-0.05, 0) is 19.3 Å². The van der Waals surface area contributed by atoms with E-state index in [0.717, 1.165) is 30.3 Å². The summed E-state index contributed by atoms with van der Waals surface area (Å²) in [5.74, 6) is 0. The predicted molar refractivity (Wildman–Crippen MR) is 193 cm³/mol. The lowest BCUT2D eigenvalue weighted by Gasteiger charge is -2.40. The third kappa shape index (κ3) is 25.0. The Hall–Kier alpha value is -0.0300. The number of aliphatic hydroxyl groups is 4. The first kappa shape index (κ1) is 48.0. The summed E-state index contributed by atoms with van der Waals surface area (Å²) < 4.78 is 18.0. The summed E-state index contributed by atoms with van der Waals surface area (Å²) in [4.78, 5) is 0. The van der Waals surface area contributed by atoms with Crippen LogP contribution in [0.15, 0.2) is 0 Å². The summed E-state index contributed by atoms with van der Waals surface area (Å²) in [7, 11) is 4.28. The van der Waals surface area contributed by atoms with Crippen molar-refractivity contribution in [2.75, 3.05) is 47.0 Å². The Morgan fingerprint density at radius 1 is 0.583 bits per heavy atom. The number of quaternary nitrogens is 1. The van der Waals surface area contributed by atoms with Crippen molar-refractivity contribution in [3.63, 3.8) is 0 Å². The molecule has 0 aliphatic carbocycles. The van der Waals surface area contributed by atoms with E-state index in [4.69, 9.17) is 14.2 Å². The maximum atomic E-state index is 10.6. The molecule has 1 unspecified atom stereocenters. The summed E-state index contributed by atoms with van der Waals surface area (Å²) in [5, 5.41) is 41.9. The van der Waals surface area contributed by atoms with Crippen LogP contribution in [-0.4, -0.2) is 109 Å². The fraction of sp³-hybridized carbons (Fsp3) is 1.00. The molecule has 0 amide bonds. The van der Waals surface area contributed by atoms with Crippen molar-refractivity contribution in [2.24, 2.45) is 0 Å². The van der Waals surface area contributed by atoms with Crippen molar-refractivity contribution in [1.29, 1.82) is 0 Å². The minimum Gasteiger partial charge on any atom is -1.00 e. The van der Waals surface area contributed by atoms with Crippen LogP contribution < -0.4 is 12.4 Å². The molecule has 0 aromatic rings. The van der Waals surface area contributed by atoms with Gasteiger partial charge in [-0.15, -0.1) is 0 Å². The molecule has 8 nitrogen and oxygen atoms in total. The van der Waals surface area contributed by atoms with Crippen LogP contribution in [0.2, 0.25) is 0 Å². The highest BCUT2D eigenvalue weighted by atomic mass is 35.5. The lowest BCUT2D eigenvalue weighted by atomic mass is 9.99. The first-order valence-corrected chi connectivity index (χ1v) is 20.1. The Kier molecular flexibility index (Phi) is 31.7. The molecule has 0 aromatic carbocycles. The van der Waals surface area contributed by atoms with E-state index in [1.165, 1.54) is 135 Å². The average molecular weight is 711 g/mol. The van der Waals surface area contributed by atoms with Gasteiger partial charge in [-0.2, -0.15) is 0 Å². The highest BCUT2D eigenvalue weighted by molar-refractivity contribution is 4.89. The van der Waals surface area contributed by atoms with E-state index in [1.54, 1.807) is 0 Å². The minimum atomic E-state index is -1.37. The third-order valence-corrected chi connectivity index (χ3v) is 9.86. The summed E-state index contributed by atoms with van der Waals surface area (Å²) in [6, 6.07) is 0. The van der Waals surface area contributed by atoms with Crippen LogP contribution in [-0.2, 0) is 14.2 Å². The molecular weight excluding hydrogens is 630 g/mol. The number of hydrogen-bond acceptors (Lipinski definition) is 7. The molecule has 290 valence electrons. The van der Waals surface area contributed by atoms with Gasteiger partial charge in [-0.3, -0.25) is 0 Å². The van der Waals surface area contributed by atoms with Crippen molar-refractivity contribution in [3.05, 3.63) is 0 Å². The molecule has 1 heterocycles. The van der Waals surface area contributed by atoms with Gasteiger partial charge in [0, 0.05) is 6.61 Å². The van der Waals surface area contributed by atoms with Crippen LogP contribution in [0.25, 0.3) is 0 Å². The minimum absolute atomic E-state index is 0.